The van der Waals surface area contributed by atoms with Crippen LogP contribution in [0.5, 0.6) is 0 Å². The summed E-state index contributed by atoms with van der Waals surface area (Å²) in [6, 6.07) is 4.18. The summed E-state index contributed by atoms with van der Waals surface area (Å²) in [5, 5.41) is 13.7. The fraction of sp³-hybridized carbons (Fsp3) is 0.333. The fourth-order valence-electron chi connectivity index (χ4n) is 3.23. The van der Waals surface area contributed by atoms with Crippen LogP contribution in [0.3, 0.4) is 0 Å². The van der Waals surface area contributed by atoms with Crippen molar-refractivity contribution in [2.45, 2.75) is 53.6 Å². The van der Waals surface area contributed by atoms with E-state index in [1.807, 2.05) is 52.0 Å². The number of carbonyl (C=O) groups excluding carboxylic acids is 1. The van der Waals surface area contributed by atoms with Crippen LogP contribution >= 0.6 is 11.3 Å². The Morgan fingerprint density at radius 1 is 1.21 bits per heavy atom. The molecule has 0 aliphatic rings. The SMILES string of the molecule is C=C(/C=C\C=C/C)c1cc(-c2cnc(C(O)CCC)nc2)cc2nc(C)sc12.CCNC(C)=O. The summed E-state index contributed by atoms with van der Waals surface area (Å²) < 4.78 is 1.13. The van der Waals surface area contributed by atoms with Crippen LogP contribution in [0.2, 0.25) is 0 Å². The van der Waals surface area contributed by atoms with E-state index in [9.17, 15) is 9.90 Å². The first-order chi connectivity index (χ1) is 16.3. The lowest BCUT2D eigenvalue weighted by molar-refractivity contribution is -0.118. The van der Waals surface area contributed by atoms with Crippen LogP contribution in [0.1, 0.15) is 63.0 Å². The van der Waals surface area contributed by atoms with Crippen LogP contribution in [0.25, 0.3) is 26.9 Å². The highest BCUT2D eigenvalue weighted by molar-refractivity contribution is 7.18. The molecule has 7 heteroatoms. The summed E-state index contributed by atoms with van der Waals surface area (Å²) in [5.41, 5.74) is 4.83. The van der Waals surface area contributed by atoms with Gasteiger partial charge in [0.2, 0.25) is 5.91 Å². The van der Waals surface area contributed by atoms with E-state index < -0.39 is 6.10 Å². The van der Waals surface area contributed by atoms with Crippen molar-refractivity contribution in [3.8, 4) is 11.1 Å². The van der Waals surface area contributed by atoms with Gasteiger partial charge in [-0.25, -0.2) is 15.0 Å². The molecule has 0 fully saturated rings. The summed E-state index contributed by atoms with van der Waals surface area (Å²) >= 11 is 1.67. The lowest BCUT2D eigenvalue weighted by atomic mass is 10.00. The van der Waals surface area contributed by atoms with E-state index in [2.05, 4.69) is 39.0 Å². The predicted molar refractivity (Wildman–Crippen MR) is 143 cm³/mol. The molecule has 2 aromatic heterocycles. The second-order valence-electron chi connectivity index (χ2n) is 7.74. The van der Waals surface area contributed by atoms with Gasteiger partial charge < -0.3 is 10.4 Å². The van der Waals surface area contributed by atoms with E-state index in [0.717, 1.165) is 50.5 Å². The zero-order valence-corrected chi connectivity index (χ0v) is 21.4. The van der Waals surface area contributed by atoms with Gasteiger partial charge in [0, 0.05) is 37.0 Å². The van der Waals surface area contributed by atoms with Crippen molar-refractivity contribution in [1.29, 1.82) is 0 Å². The third-order valence-corrected chi connectivity index (χ3v) is 5.85. The van der Waals surface area contributed by atoms with Gasteiger partial charge in [0.05, 0.1) is 15.2 Å². The number of aliphatic hydroxyl groups excluding tert-OH is 1. The monoisotopic (exact) mass is 478 g/mol. The molecule has 2 N–H and O–H groups in total. The number of aliphatic hydroxyl groups is 1. The van der Waals surface area contributed by atoms with E-state index in [0.29, 0.717) is 12.2 Å². The van der Waals surface area contributed by atoms with E-state index in [-0.39, 0.29) is 5.91 Å². The largest absolute Gasteiger partial charge is 0.385 e. The van der Waals surface area contributed by atoms with Crippen LogP contribution in [-0.4, -0.2) is 32.5 Å². The molecule has 0 spiro atoms. The van der Waals surface area contributed by atoms with E-state index >= 15 is 0 Å². The molecule has 0 aliphatic heterocycles. The maximum Gasteiger partial charge on any atom is 0.216 e. The second kappa shape index (κ2) is 13.5. The molecule has 0 saturated carbocycles. The van der Waals surface area contributed by atoms with E-state index in [4.69, 9.17) is 0 Å². The Labute approximate surface area is 206 Å². The lowest BCUT2D eigenvalue weighted by Gasteiger charge is -2.10. The van der Waals surface area contributed by atoms with Crippen molar-refractivity contribution in [2.24, 2.45) is 0 Å². The topological polar surface area (TPSA) is 88.0 Å². The second-order valence-corrected chi connectivity index (χ2v) is 8.94. The number of aryl methyl sites for hydroxylation is 1. The molecule has 180 valence electrons. The minimum atomic E-state index is -0.616. The molecule has 1 amide bonds. The fourth-order valence-corrected chi connectivity index (χ4v) is 4.18. The Bertz CT molecular complexity index is 1160. The Kier molecular flexibility index (Phi) is 10.8. The number of benzene rings is 1. The smallest absolute Gasteiger partial charge is 0.216 e. The Hall–Kier alpha value is -3.16. The molecule has 3 rings (SSSR count). The molecule has 6 nitrogen and oxygen atoms in total. The van der Waals surface area contributed by atoms with Crippen LogP contribution in [-0.2, 0) is 4.79 Å². The number of rotatable bonds is 8. The molecule has 1 atom stereocenters. The number of fused-ring (bicyclic) bond motifs is 1. The molecule has 3 aromatic rings. The normalized spacial score (nSPS) is 12.1. The highest BCUT2D eigenvalue weighted by Gasteiger charge is 2.13. The van der Waals surface area contributed by atoms with Crippen molar-refractivity contribution >= 4 is 33.0 Å². The van der Waals surface area contributed by atoms with E-state index in [1.165, 1.54) is 6.92 Å². The van der Waals surface area contributed by atoms with Gasteiger partial charge in [0.1, 0.15) is 6.10 Å². The zero-order chi connectivity index (χ0) is 25.1. The van der Waals surface area contributed by atoms with Gasteiger partial charge in [0.25, 0.3) is 0 Å². The van der Waals surface area contributed by atoms with Crippen molar-refractivity contribution in [3.05, 3.63) is 71.8 Å². The summed E-state index contributed by atoms with van der Waals surface area (Å²) in [4.78, 5) is 23.3. The molecule has 1 aromatic carbocycles. The number of hydrogen-bond acceptors (Lipinski definition) is 6. The minimum absolute atomic E-state index is 0.0394. The molecular weight excluding hydrogens is 444 g/mol. The first kappa shape index (κ1) is 27.1. The molecule has 0 aliphatic carbocycles. The average molecular weight is 479 g/mol. The molecule has 1 unspecified atom stereocenters. The number of allylic oxidation sites excluding steroid dienone is 5. The van der Waals surface area contributed by atoms with Crippen LogP contribution in [0, 0.1) is 6.92 Å². The van der Waals surface area contributed by atoms with Gasteiger partial charge in [0.15, 0.2) is 5.82 Å². The number of nitrogens with one attached hydrogen (secondary N) is 1. The zero-order valence-electron chi connectivity index (χ0n) is 20.6. The summed E-state index contributed by atoms with van der Waals surface area (Å²) in [6.45, 7) is 14.4. The Morgan fingerprint density at radius 2 is 1.91 bits per heavy atom. The molecular formula is C27H34N4O2S. The number of amides is 1. The number of carbonyl (C=O) groups is 1. The average Bonchev–Trinajstić information content (AvgIpc) is 3.19. The Morgan fingerprint density at radius 3 is 2.47 bits per heavy atom. The van der Waals surface area contributed by atoms with Gasteiger partial charge >= 0.3 is 0 Å². The number of nitrogens with zero attached hydrogens (tertiary/aromatic N) is 3. The first-order valence-electron chi connectivity index (χ1n) is 11.4. The molecule has 0 saturated heterocycles. The number of aromatic nitrogens is 3. The van der Waals surface area contributed by atoms with Gasteiger partial charge in [-0.3, -0.25) is 4.79 Å². The third kappa shape index (κ3) is 7.71. The summed E-state index contributed by atoms with van der Waals surface area (Å²) in [5.74, 6) is 0.507. The minimum Gasteiger partial charge on any atom is -0.385 e. The van der Waals surface area contributed by atoms with E-state index in [1.54, 1.807) is 23.7 Å². The standard InChI is InChI=1S/C23H25N3OS.C4H9NO/c1-5-7-8-10-15(3)19-11-17(12-20-22(19)28-16(4)26-20)18-13-24-23(25-14-18)21(27)9-6-2;1-3-5-4(2)6/h5,7-8,10-14,21,27H,3,6,9H2,1-2,4H3;3H2,1-2H3,(H,5,6)/b7-5-,10-8-;. The number of hydrogen-bond donors (Lipinski definition) is 2. The molecule has 0 bridgehead atoms. The van der Waals surface area contributed by atoms with Crippen LogP contribution in [0.4, 0.5) is 0 Å². The summed E-state index contributed by atoms with van der Waals surface area (Å²) in [6.07, 6.45) is 12.4. The highest BCUT2D eigenvalue weighted by atomic mass is 32.1. The predicted octanol–water partition coefficient (Wildman–Crippen LogP) is 6.18. The van der Waals surface area contributed by atoms with Crippen LogP contribution in [0.15, 0.2) is 55.4 Å². The van der Waals surface area contributed by atoms with Gasteiger partial charge in [-0.1, -0.05) is 44.2 Å². The quantitative estimate of drug-likeness (QED) is 0.377. The number of thiazole rings is 1. The first-order valence-corrected chi connectivity index (χ1v) is 12.3. The van der Waals surface area contributed by atoms with Gasteiger partial charge in [-0.05, 0) is 50.5 Å². The molecule has 0 radical (unpaired) electrons. The Balaban J connectivity index is 0.000000604. The van der Waals surface area contributed by atoms with Crippen molar-refractivity contribution in [2.75, 3.05) is 6.54 Å². The maximum atomic E-state index is 10.1. The third-order valence-electron chi connectivity index (χ3n) is 4.83. The lowest BCUT2D eigenvalue weighted by Crippen LogP contribution is -2.18. The van der Waals surface area contributed by atoms with Gasteiger partial charge in [-0.2, -0.15) is 0 Å². The summed E-state index contributed by atoms with van der Waals surface area (Å²) in [7, 11) is 0. The van der Waals surface area contributed by atoms with Crippen LogP contribution < -0.4 is 5.32 Å². The molecule has 34 heavy (non-hydrogen) atoms. The maximum absolute atomic E-state index is 10.1. The van der Waals surface area contributed by atoms with Crippen molar-refractivity contribution in [3.63, 3.8) is 0 Å². The van der Waals surface area contributed by atoms with Crippen molar-refractivity contribution < 1.29 is 9.90 Å². The van der Waals surface area contributed by atoms with Gasteiger partial charge in [-0.15, -0.1) is 11.3 Å². The molecule has 2 heterocycles. The van der Waals surface area contributed by atoms with Crippen molar-refractivity contribution in [1.82, 2.24) is 20.3 Å². The highest BCUT2D eigenvalue weighted by Crippen LogP contribution is 2.34.